The maximum absolute atomic E-state index is 13.6. The number of hydrogen-bond acceptors (Lipinski definition) is 5. The molecule has 2 unspecified atom stereocenters. The second-order valence-corrected chi connectivity index (χ2v) is 5.92. The number of aliphatic hydroxyl groups excluding tert-OH is 1. The Morgan fingerprint density at radius 3 is 2.88 bits per heavy atom. The molecule has 0 saturated carbocycles. The number of ether oxygens (including phenoxy) is 2. The number of aliphatic hydroxyl groups is 1. The van der Waals surface area contributed by atoms with Crippen LogP contribution >= 0.6 is 0 Å². The number of hydrogen-bond donors (Lipinski definition) is 2. The van der Waals surface area contributed by atoms with Crippen LogP contribution in [0.3, 0.4) is 0 Å². The Morgan fingerprint density at radius 1 is 1.36 bits per heavy atom. The predicted molar refractivity (Wildman–Crippen MR) is 89.2 cm³/mol. The average Bonchev–Trinajstić information content (AvgIpc) is 3.11. The molecule has 0 aliphatic carbocycles. The third-order valence-electron chi connectivity index (χ3n) is 4.12. The van der Waals surface area contributed by atoms with Crippen LogP contribution < -0.4 is 10.1 Å². The lowest BCUT2D eigenvalue weighted by Gasteiger charge is -2.21. The molecule has 6 nitrogen and oxygen atoms in total. The van der Waals surface area contributed by atoms with Gasteiger partial charge in [-0.15, -0.1) is 0 Å². The summed E-state index contributed by atoms with van der Waals surface area (Å²) in [6, 6.07) is 6.92. The van der Waals surface area contributed by atoms with Gasteiger partial charge < -0.3 is 24.8 Å². The Bertz CT molecular complexity index is 660. The Kier molecular flexibility index (Phi) is 5.55. The molecule has 2 atom stereocenters. The highest BCUT2D eigenvalue weighted by Crippen LogP contribution is 2.20. The smallest absolute Gasteiger partial charge is 0.260 e. The van der Waals surface area contributed by atoms with Crippen molar-refractivity contribution in [2.75, 3.05) is 19.7 Å². The molecule has 134 valence electrons. The molecule has 0 aromatic heterocycles. The maximum atomic E-state index is 13.6. The third kappa shape index (κ3) is 4.51. The summed E-state index contributed by atoms with van der Waals surface area (Å²) in [7, 11) is 0. The van der Waals surface area contributed by atoms with Gasteiger partial charge in [0.25, 0.3) is 5.91 Å². The highest BCUT2D eigenvalue weighted by atomic mass is 19.1. The Hall–Kier alpha value is -2.54. The van der Waals surface area contributed by atoms with E-state index in [1.807, 2.05) is 0 Å². The molecule has 2 heterocycles. The van der Waals surface area contributed by atoms with E-state index < -0.39 is 6.30 Å². The van der Waals surface area contributed by atoms with Crippen LogP contribution in [0.5, 0.6) is 5.75 Å². The van der Waals surface area contributed by atoms with Crippen LogP contribution in [0.25, 0.3) is 0 Å². The van der Waals surface area contributed by atoms with Gasteiger partial charge in [-0.05, 0) is 36.0 Å². The summed E-state index contributed by atoms with van der Waals surface area (Å²) in [5.41, 5.74) is 0.783. The van der Waals surface area contributed by atoms with Gasteiger partial charge in [0.05, 0.1) is 13.2 Å². The van der Waals surface area contributed by atoms with Gasteiger partial charge in [-0.1, -0.05) is 12.1 Å². The molecule has 25 heavy (non-hydrogen) atoms. The van der Waals surface area contributed by atoms with Crippen molar-refractivity contribution >= 4 is 5.91 Å². The molecule has 7 heteroatoms. The van der Waals surface area contributed by atoms with E-state index in [4.69, 9.17) is 14.6 Å². The molecule has 1 aromatic carbocycles. The van der Waals surface area contributed by atoms with Crippen LogP contribution in [0.2, 0.25) is 0 Å². The fourth-order valence-electron chi connectivity index (χ4n) is 2.72. The topological polar surface area (TPSA) is 71.0 Å². The maximum Gasteiger partial charge on any atom is 0.260 e. The number of alkyl halides is 1. The second kappa shape index (κ2) is 8.02. The first-order valence-corrected chi connectivity index (χ1v) is 8.19. The number of dihydropyridines is 1. The van der Waals surface area contributed by atoms with Gasteiger partial charge in [0.1, 0.15) is 11.9 Å². The fourth-order valence-corrected chi connectivity index (χ4v) is 2.72. The highest BCUT2D eigenvalue weighted by Gasteiger charge is 2.29. The molecule has 3 rings (SSSR count). The summed E-state index contributed by atoms with van der Waals surface area (Å²) < 4.78 is 24.8. The van der Waals surface area contributed by atoms with Crippen molar-refractivity contribution in [2.45, 2.75) is 25.4 Å². The molecule has 1 fully saturated rings. The molecule has 1 saturated heterocycles. The van der Waals surface area contributed by atoms with Crippen molar-refractivity contribution in [1.29, 1.82) is 0 Å². The number of carbonyl (C=O) groups is 1. The van der Waals surface area contributed by atoms with Gasteiger partial charge >= 0.3 is 0 Å². The van der Waals surface area contributed by atoms with E-state index in [0.29, 0.717) is 25.3 Å². The van der Waals surface area contributed by atoms with Crippen molar-refractivity contribution in [3.63, 3.8) is 0 Å². The van der Waals surface area contributed by atoms with Crippen molar-refractivity contribution in [3.8, 4) is 5.75 Å². The number of amides is 1. The van der Waals surface area contributed by atoms with Crippen LogP contribution in [0.4, 0.5) is 4.39 Å². The molecule has 1 aromatic rings. The number of carbonyl (C=O) groups excluding carboxylic acids is 1. The number of nitrogens with one attached hydrogen (secondary N) is 1. The van der Waals surface area contributed by atoms with Gasteiger partial charge in [0, 0.05) is 13.0 Å². The van der Waals surface area contributed by atoms with Gasteiger partial charge in [-0.2, -0.15) is 0 Å². The number of halogens is 1. The number of rotatable bonds is 6. The minimum absolute atomic E-state index is 0.0319. The fraction of sp³-hybridized carbons (Fsp3) is 0.389. The first kappa shape index (κ1) is 17.3. The monoisotopic (exact) mass is 348 g/mol. The van der Waals surface area contributed by atoms with Crippen LogP contribution in [-0.4, -0.2) is 48.0 Å². The summed E-state index contributed by atoms with van der Waals surface area (Å²) in [6.45, 7) is 0.878. The van der Waals surface area contributed by atoms with Gasteiger partial charge in [-0.3, -0.25) is 4.79 Å². The van der Waals surface area contributed by atoms with E-state index >= 15 is 0 Å². The number of benzene rings is 1. The summed E-state index contributed by atoms with van der Waals surface area (Å²) in [4.78, 5) is 13.9. The van der Waals surface area contributed by atoms with Crippen molar-refractivity contribution in [2.24, 2.45) is 0 Å². The van der Waals surface area contributed by atoms with E-state index in [1.165, 1.54) is 6.20 Å². The quantitative estimate of drug-likeness (QED) is 0.762. The van der Waals surface area contributed by atoms with Gasteiger partial charge in [-0.25, -0.2) is 4.39 Å². The molecule has 2 aliphatic heterocycles. The number of allylic oxidation sites excluding steroid dienone is 2. The average molecular weight is 348 g/mol. The molecule has 0 bridgehead atoms. The van der Waals surface area contributed by atoms with E-state index in [1.54, 1.807) is 41.3 Å². The summed E-state index contributed by atoms with van der Waals surface area (Å²) in [6.07, 6.45) is 3.88. The molecule has 1 amide bonds. The number of nitrogens with zero attached hydrogens (tertiary/aromatic N) is 1. The first-order chi connectivity index (χ1) is 12.2. The lowest BCUT2D eigenvalue weighted by molar-refractivity contribution is -0.132. The molecule has 2 N–H and O–H groups in total. The first-order valence-electron chi connectivity index (χ1n) is 8.19. The van der Waals surface area contributed by atoms with Gasteiger partial charge in [0.15, 0.2) is 12.4 Å². The van der Waals surface area contributed by atoms with Crippen LogP contribution in [0.15, 0.2) is 48.4 Å². The summed E-state index contributed by atoms with van der Waals surface area (Å²) in [5, 5.41) is 11.5. The normalized spacial score (nSPS) is 22.3. The lowest BCUT2D eigenvalue weighted by Crippen LogP contribution is -2.34. The Labute approximate surface area is 145 Å². The van der Waals surface area contributed by atoms with E-state index in [0.717, 1.165) is 5.56 Å². The molecule has 0 radical (unpaired) electrons. The molecule has 2 aliphatic rings. The Balaban J connectivity index is 1.45. The van der Waals surface area contributed by atoms with E-state index in [2.05, 4.69) is 5.32 Å². The summed E-state index contributed by atoms with van der Waals surface area (Å²) >= 11 is 0. The van der Waals surface area contributed by atoms with Crippen LogP contribution in [0.1, 0.15) is 12.0 Å². The van der Waals surface area contributed by atoms with E-state index in [9.17, 15) is 9.18 Å². The van der Waals surface area contributed by atoms with Crippen molar-refractivity contribution in [3.05, 3.63) is 53.9 Å². The van der Waals surface area contributed by atoms with Crippen LogP contribution in [-0.2, 0) is 16.1 Å². The zero-order chi connectivity index (χ0) is 17.6. The minimum atomic E-state index is -1.35. The largest absolute Gasteiger partial charge is 0.488 e. The SMILES string of the molecule is O=C(COc1ccc(CO)cc1)N1CCC(OC2=CC=CNC2F)C1. The molecular weight excluding hydrogens is 327 g/mol. The third-order valence-corrected chi connectivity index (χ3v) is 4.12. The zero-order valence-electron chi connectivity index (χ0n) is 13.7. The van der Waals surface area contributed by atoms with Crippen LogP contribution in [0, 0.1) is 0 Å². The minimum Gasteiger partial charge on any atom is -0.488 e. The van der Waals surface area contributed by atoms with E-state index in [-0.39, 0.29) is 31.0 Å². The number of likely N-dealkylation sites (tertiary alicyclic amines) is 1. The molecule has 0 spiro atoms. The predicted octanol–water partition coefficient (Wildman–Crippen LogP) is 1.47. The molecular formula is C18H21FN2O4. The highest BCUT2D eigenvalue weighted by molar-refractivity contribution is 5.78. The lowest BCUT2D eigenvalue weighted by atomic mass is 10.2. The van der Waals surface area contributed by atoms with Crippen molar-refractivity contribution in [1.82, 2.24) is 10.2 Å². The summed E-state index contributed by atoms with van der Waals surface area (Å²) in [5.74, 6) is 0.676. The zero-order valence-corrected chi connectivity index (χ0v) is 13.7. The second-order valence-electron chi connectivity index (χ2n) is 5.92. The van der Waals surface area contributed by atoms with Crippen molar-refractivity contribution < 1.29 is 23.8 Å². The standard InChI is InChI=1S/C18H21FN2O4/c19-18-16(2-1-8-20-18)25-15-7-9-21(10-15)17(23)12-24-14-5-3-13(11-22)4-6-14/h1-6,8,15,18,20,22H,7,9-12H2. The Morgan fingerprint density at radius 2 is 2.16 bits per heavy atom. The van der Waals surface area contributed by atoms with Gasteiger partial charge in [0.2, 0.25) is 6.30 Å².